The summed E-state index contributed by atoms with van der Waals surface area (Å²) >= 11 is 0. The molecular weight excluding hydrogens is 178 g/mol. The van der Waals surface area contributed by atoms with Crippen molar-refractivity contribution in [2.45, 2.75) is 12.8 Å². The third-order valence-corrected chi connectivity index (χ3v) is 1.92. The van der Waals surface area contributed by atoms with Gasteiger partial charge in [-0.25, -0.2) is 13.1 Å². The van der Waals surface area contributed by atoms with Gasteiger partial charge in [0, 0.05) is 13.0 Å². The summed E-state index contributed by atoms with van der Waals surface area (Å²) in [6.45, 7) is 3.60. The molecule has 0 saturated heterocycles. The largest absolute Gasteiger partial charge is 0.295 e. The van der Waals surface area contributed by atoms with E-state index in [-0.39, 0.29) is 5.78 Å². The summed E-state index contributed by atoms with van der Waals surface area (Å²) in [5, 5.41) is 0. The summed E-state index contributed by atoms with van der Waals surface area (Å²) in [4.78, 5) is 10.6. The lowest BCUT2D eigenvalue weighted by atomic mass is 10.2. The molecule has 0 aliphatic rings. The fourth-order valence-electron chi connectivity index (χ4n) is 0.622. The van der Waals surface area contributed by atoms with Crippen LogP contribution in [0.5, 0.6) is 0 Å². The van der Waals surface area contributed by atoms with Gasteiger partial charge in [-0.3, -0.25) is 4.79 Å². The van der Waals surface area contributed by atoms with E-state index in [0.717, 1.165) is 6.26 Å². The van der Waals surface area contributed by atoms with Gasteiger partial charge in [0.15, 0.2) is 5.78 Å². The average Bonchev–Trinajstić information content (AvgIpc) is 1.96. The molecule has 0 spiro atoms. The molecule has 12 heavy (non-hydrogen) atoms. The van der Waals surface area contributed by atoms with Crippen molar-refractivity contribution in [3.8, 4) is 0 Å². The molecule has 0 fully saturated rings. The van der Waals surface area contributed by atoms with Crippen molar-refractivity contribution in [1.82, 2.24) is 4.72 Å². The highest BCUT2D eigenvalue weighted by Crippen LogP contribution is 1.90. The van der Waals surface area contributed by atoms with Gasteiger partial charge in [-0.05, 0) is 12.5 Å². The molecule has 0 radical (unpaired) electrons. The first-order valence-corrected chi connectivity index (χ1v) is 5.45. The second-order valence-electron chi connectivity index (χ2n) is 2.44. The van der Waals surface area contributed by atoms with Gasteiger partial charge in [-0.15, -0.1) is 0 Å². The maximum atomic E-state index is 10.6. The van der Waals surface area contributed by atoms with E-state index in [1.807, 2.05) is 0 Å². The van der Waals surface area contributed by atoms with Gasteiger partial charge in [0.05, 0.1) is 6.26 Å². The van der Waals surface area contributed by atoms with Crippen LogP contribution >= 0.6 is 0 Å². The quantitative estimate of drug-likeness (QED) is 0.477. The molecule has 0 aliphatic carbocycles. The molecule has 5 heteroatoms. The molecule has 0 aliphatic heterocycles. The summed E-state index contributed by atoms with van der Waals surface area (Å²) in [6.07, 6.45) is 3.17. The molecule has 1 N–H and O–H groups in total. The molecule has 0 aromatic rings. The van der Waals surface area contributed by atoms with Crippen molar-refractivity contribution in [3.05, 3.63) is 12.7 Å². The Morgan fingerprint density at radius 1 is 1.58 bits per heavy atom. The number of rotatable bonds is 6. The van der Waals surface area contributed by atoms with Gasteiger partial charge in [0.1, 0.15) is 0 Å². The zero-order valence-corrected chi connectivity index (χ0v) is 7.86. The molecule has 70 valence electrons. The molecule has 4 nitrogen and oxygen atoms in total. The fraction of sp³-hybridized carbons (Fsp3) is 0.571. The van der Waals surface area contributed by atoms with E-state index in [1.54, 1.807) is 0 Å². The number of carbonyl (C=O) groups excluding carboxylic acids is 1. The Morgan fingerprint density at radius 2 is 2.17 bits per heavy atom. The Labute approximate surface area is 72.7 Å². The second-order valence-corrected chi connectivity index (χ2v) is 4.27. The van der Waals surface area contributed by atoms with Crippen LogP contribution in [0, 0.1) is 0 Å². The van der Waals surface area contributed by atoms with E-state index in [2.05, 4.69) is 11.3 Å². The fourth-order valence-corrected chi connectivity index (χ4v) is 1.14. The molecule has 0 rings (SSSR count). The van der Waals surface area contributed by atoms with Crippen LogP contribution in [0.25, 0.3) is 0 Å². The van der Waals surface area contributed by atoms with E-state index in [9.17, 15) is 13.2 Å². The minimum atomic E-state index is -3.12. The maximum Gasteiger partial charge on any atom is 0.208 e. The molecule has 0 aromatic heterocycles. The number of sulfonamides is 1. The highest BCUT2D eigenvalue weighted by atomic mass is 32.2. The van der Waals surface area contributed by atoms with Gasteiger partial charge >= 0.3 is 0 Å². The molecule has 0 unspecified atom stereocenters. The van der Waals surface area contributed by atoms with Crippen LogP contribution < -0.4 is 4.72 Å². The van der Waals surface area contributed by atoms with Crippen molar-refractivity contribution in [2.75, 3.05) is 12.8 Å². The lowest BCUT2D eigenvalue weighted by molar-refractivity contribution is -0.114. The van der Waals surface area contributed by atoms with Crippen LogP contribution in [-0.4, -0.2) is 27.0 Å². The van der Waals surface area contributed by atoms with Gasteiger partial charge in [-0.1, -0.05) is 6.58 Å². The summed E-state index contributed by atoms with van der Waals surface area (Å²) in [6, 6.07) is 0. The standard InChI is InChI=1S/C7H13NO3S/c1-3-7(9)5-4-6-8-12(2,10)11/h3,8H,1,4-6H2,2H3. The first-order chi connectivity index (χ1) is 5.45. The minimum Gasteiger partial charge on any atom is -0.295 e. The van der Waals surface area contributed by atoms with Crippen LogP contribution in [0.15, 0.2) is 12.7 Å². The van der Waals surface area contributed by atoms with E-state index in [0.29, 0.717) is 19.4 Å². The Kier molecular flexibility index (Phi) is 4.77. The topological polar surface area (TPSA) is 63.2 Å². The molecule has 0 aromatic carbocycles. The summed E-state index contributed by atoms with van der Waals surface area (Å²) in [7, 11) is -3.12. The third-order valence-electron chi connectivity index (χ3n) is 1.19. The summed E-state index contributed by atoms with van der Waals surface area (Å²) in [5.41, 5.74) is 0. The van der Waals surface area contributed by atoms with E-state index < -0.39 is 10.0 Å². The maximum absolute atomic E-state index is 10.6. The van der Waals surface area contributed by atoms with Crippen LogP contribution in [0.1, 0.15) is 12.8 Å². The molecule has 0 bridgehead atoms. The Bertz CT molecular complexity index is 256. The zero-order valence-electron chi connectivity index (χ0n) is 7.04. The SMILES string of the molecule is C=CC(=O)CCCNS(C)(=O)=O. The van der Waals surface area contributed by atoms with Crippen molar-refractivity contribution in [3.63, 3.8) is 0 Å². The van der Waals surface area contributed by atoms with Crippen LogP contribution in [0.3, 0.4) is 0 Å². The predicted molar refractivity (Wildman–Crippen MR) is 47.3 cm³/mol. The lowest BCUT2D eigenvalue weighted by Gasteiger charge is -1.99. The van der Waals surface area contributed by atoms with E-state index in [4.69, 9.17) is 0 Å². The van der Waals surface area contributed by atoms with Gasteiger partial charge < -0.3 is 0 Å². The molecule has 0 heterocycles. The Balaban J connectivity index is 3.47. The number of hydrogen-bond donors (Lipinski definition) is 1. The number of carbonyl (C=O) groups is 1. The van der Waals surface area contributed by atoms with Crippen LogP contribution in [0.2, 0.25) is 0 Å². The van der Waals surface area contributed by atoms with E-state index in [1.165, 1.54) is 6.08 Å². The molecule has 0 atom stereocenters. The van der Waals surface area contributed by atoms with Crippen molar-refractivity contribution >= 4 is 15.8 Å². The highest BCUT2D eigenvalue weighted by Gasteiger charge is 2.00. The van der Waals surface area contributed by atoms with Crippen LogP contribution in [0.4, 0.5) is 0 Å². The molecular formula is C7H13NO3S. The molecule has 0 saturated carbocycles. The van der Waals surface area contributed by atoms with Crippen molar-refractivity contribution in [2.24, 2.45) is 0 Å². The van der Waals surface area contributed by atoms with Gasteiger partial charge in [0.2, 0.25) is 10.0 Å². The molecule has 0 amide bonds. The average molecular weight is 191 g/mol. The number of hydrogen-bond acceptors (Lipinski definition) is 3. The Hall–Kier alpha value is -0.680. The first kappa shape index (κ1) is 11.3. The first-order valence-electron chi connectivity index (χ1n) is 3.55. The summed E-state index contributed by atoms with van der Waals surface area (Å²) < 4.78 is 23.3. The third kappa shape index (κ3) is 7.43. The second kappa shape index (κ2) is 5.05. The number of nitrogens with one attached hydrogen (secondary N) is 1. The number of ketones is 1. The van der Waals surface area contributed by atoms with Crippen molar-refractivity contribution < 1.29 is 13.2 Å². The normalized spacial score (nSPS) is 11.1. The minimum absolute atomic E-state index is 0.0645. The number of allylic oxidation sites excluding steroid dienone is 1. The predicted octanol–water partition coefficient (Wildman–Crippen LogP) is 0.0709. The monoisotopic (exact) mass is 191 g/mol. The summed E-state index contributed by atoms with van der Waals surface area (Å²) in [5.74, 6) is -0.0645. The van der Waals surface area contributed by atoms with Crippen LogP contribution in [-0.2, 0) is 14.8 Å². The zero-order chi connectivity index (χ0) is 9.61. The van der Waals surface area contributed by atoms with E-state index >= 15 is 0 Å². The van der Waals surface area contributed by atoms with Crippen molar-refractivity contribution in [1.29, 1.82) is 0 Å². The smallest absolute Gasteiger partial charge is 0.208 e. The highest BCUT2D eigenvalue weighted by molar-refractivity contribution is 7.88. The van der Waals surface area contributed by atoms with Gasteiger partial charge in [-0.2, -0.15) is 0 Å². The lowest BCUT2D eigenvalue weighted by Crippen LogP contribution is -2.23. The Morgan fingerprint density at radius 3 is 2.58 bits per heavy atom. The van der Waals surface area contributed by atoms with Gasteiger partial charge in [0.25, 0.3) is 0 Å².